The first kappa shape index (κ1) is 16.1. The van der Waals surface area contributed by atoms with E-state index in [4.69, 9.17) is 16.6 Å². The molecule has 1 aromatic heterocycles. The van der Waals surface area contributed by atoms with E-state index in [2.05, 4.69) is 9.88 Å². The van der Waals surface area contributed by atoms with Gasteiger partial charge in [-0.15, -0.1) is 0 Å². The zero-order valence-corrected chi connectivity index (χ0v) is 14.2. The second-order valence-electron chi connectivity index (χ2n) is 6.09. The summed E-state index contributed by atoms with van der Waals surface area (Å²) in [5.74, 6) is 1.01. The van der Waals surface area contributed by atoms with Crippen LogP contribution in [-0.4, -0.2) is 9.55 Å². The third-order valence-electron chi connectivity index (χ3n) is 4.38. The number of hydrogen-bond donors (Lipinski definition) is 1. The minimum absolute atomic E-state index is 0.0830. The number of benzene rings is 2. The van der Waals surface area contributed by atoms with E-state index in [9.17, 15) is 8.78 Å². The van der Waals surface area contributed by atoms with Gasteiger partial charge in [0.25, 0.3) is 0 Å². The Kier molecular flexibility index (Phi) is 4.17. The predicted octanol–water partition coefficient (Wildman–Crippen LogP) is 5.56. The zero-order valence-electron chi connectivity index (χ0n) is 13.4. The molecule has 1 aliphatic rings. The normalized spacial score (nSPS) is 13.6. The van der Waals surface area contributed by atoms with Gasteiger partial charge in [0.05, 0.1) is 5.02 Å². The second kappa shape index (κ2) is 6.48. The summed E-state index contributed by atoms with van der Waals surface area (Å²) in [6.07, 6.45) is 3.05. The van der Waals surface area contributed by atoms with Gasteiger partial charge in [-0.1, -0.05) is 11.6 Å². The van der Waals surface area contributed by atoms with E-state index in [0.29, 0.717) is 5.69 Å². The molecule has 6 heteroatoms. The fourth-order valence-electron chi connectivity index (χ4n) is 3.13. The molecule has 0 saturated heterocycles. The molecule has 1 N–H and O–H groups in total. The smallest absolute Gasteiger partial charge is 0.143 e. The van der Waals surface area contributed by atoms with E-state index in [0.717, 1.165) is 48.7 Å². The molecule has 0 bridgehead atoms. The van der Waals surface area contributed by atoms with Crippen LogP contribution in [0.2, 0.25) is 5.02 Å². The summed E-state index contributed by atoms with van der Waals surface area (Å²) < 4.78 is 29.2. The Morgan fingerprint density at radius 3 is 2.60 bits per heavy atom. The highest BCUT2D eigenvalue weighted by Crippen LogP contribution is 2.34. The van der Waals surface area contributed by atoms with Crippen molar-refractivity contribution in [3.63, 3.8) is 0 Å². The van der Waals surface area contributed by atoms with Crippen LogP contribution in [0.4, 0.5) is 20.3 Å². The van der Waals surface area contributed by atoms with E-state index < -0.39 is 5.82 Å². The molecule has 0 spiro atoms. The van der Waals surface area contributed by atoms with Gasteiger partial charge in [0, 0.05) is 24.2 Å². The maximum absolute atomic E-state index is 13.8. The van der Waals surface area contributed by atoms with Gasteiger partial charge in [-0.2, -0.15) is 0 Å². The number of fused-ring (bicyclic) bond motifs is 1. The summed E-state index contributed by atoms with van der Waals surface area (Å²) in [5.41, 5.74) is 2.16. The summed E-state index contributed by atoms with van der Waals surface area (Å²) in [5, 5.41) is 3.35. The highest BCUT2D eigenvalue weighted by molar-refractivity contribution is 6.30. The second-order valence-corrected chi connectivity index (χ2v) is 6.50. The number of hydrogen-bond acceptors (Lipinski definition) is 2. The average molecular weight is 360 g/mol. The van der Waals surface area contributed by atoms with Gasteiger partial charge < -0.3 is 9.88 Å². The van der Waals surface area contributed by atoms with Crippen LogP contribution in [0.25, 0.3) is 11.3 Å². The Hall–Kier alpha value is -2.40. The molecule has 0 saturated carbocycles. The SMILES string of the molecule is Fc1ccc(-c2nc3n(c2Nc2ccc(Cl)c(F)c2)CCCC3)cc1. The van der Waals surface area contributed by atoms with Crippen LogP contribution in [0.15, 0.2) is 42.5 Å². The van der Waals surface area contributed by atoms with E-state index in [1.54, 1.807) is 18.2 Å². The molecule has 3 aromatic rings. The van der Waals surface area contributed by atoms with Crippen LogP contribution < -0.4 is 5.32 Å². The fourth-order valence-corrected chi connectivity index (χ4v) is 3.25. The number of nitrogens with zero attached hydrogens (tertiary/aromatic N) is 2. The fraction of sp³-hybridized carbons (Fsp3) is 0.211. The molecule has 128 valence electrons. The van der Waals surface area contributed by atoms with Gasteiger partial charge in [-0.3, -0.25) is 0 Å². The molecule has 0 fully saturated rings. The summed E-state index contributed by atoms with van der Waals surface area (Å²) >= 11 is 5.76. The standard InChI is InChI=1S/C19H16ClF2N3/c20-15-9-8-14(11-16(15)22)23-19-18(12-4-6-13(21)7-5-12)24-17-3-1-2-10-25(17)19/h4-9,11,23H,1-3,10H2. The molecule has 1 aliphatic heterocycles. The molecule has 25 heavy (non-hydrogen) atoms. The van der Waals surface area contributed by atoms with Crippen LogP contribution in [0.5, 0.6) is 0 Å². The number of aromatic nitrogens is 2. The van der Waals surface area contributed by atoms with E-state index in [-0.39, 0.29) is 10.8 Å². The molecule has 0 unspecified atom stereocenters. The predicted molar refractivity (Wildman–Crippen MR) is 95.3 cm³/mol. The largest absolute Gasteiger partial charge is 0.340 e. The molecule has 0 aliphatic carbocycles. The topological polar surface area (TPSA) is 29.9 Å². The first-order chi connectivity index (χ1) is 12.1. The molecular weight excluding hydrogens is 344 g/mol. The molecule has 0 radical (unpaired) electrons. The lowest BCUT2D eigenvalue weighted by Gasteiger charge is -2.17. The van der Waals surface area contributed by atoms with Crippen molar-refractivity contribution in [1.29, 1.82) is 0 Å². The minimum Gasteiger partial charge on any atom is -0.340 e. The van der Waals surface area contributed by atoms with Crippen molar-refractivity contribution in [2.75, 3.05) is 5.32 Å². The van der Waals surface area contributed by atoms with Crippen molar-refractivity contribution < 1.29 is 8.78 Å². The van der Waals surface area contributed by atoms with Gasteiger partial charge in [0.2, 0.25) is 0 Å². The van der Waals surface area contributed by atoms with Gasteiger partial charge >= 0.3 is 0 Å². The summed E-state index contributed by atoms with van der Waals surface area (Å²) in [7, 11) is 0. The van der Waals surface area contributed by atoms with E-state index in [1.165, 1.54) is 24.3 Å². The van der Waals surface area contributed by atoms with Crippen molar-refractivity contribution >= 4 is 23.1 Å². The van der Waals surface area contributed by atoms with Gasteiger partial charge in [0.15, 0.2) is 0 Å². The van der Waals surface area contributed by atoms with Gasteiger partial charge in [-0.25, -0.2) is 13.8 Å². The van der Waals surface area contributed by atoms with E-state index in [1.807, 2.05) is 0 Å². The third kappa shape index (κ3) is 3.12. The van der Waals surface area contributed by atoms with Crippen LogP contribution in [0, 0.1) is 11.6 Å². The zero-order chi connectivity index (χ0) is 17.4. The molecule has 0 amide bonds. The maximum atomic E-state index is 13.8. The number of rotatable bonds is 3. The first-order valence-electron chi connectivity index (χ1n) is 8.19. The minimum atomic E-state index is -0.478. The third-order valence-corrected chi connectivity index (χ3v) is 4.69. The quantitative estimate of drug-likeness (QED) is 0.663. The van der Waals surface area contributed by atoms with Gasteiger partial charge in [0.1, 0.15) is 29.0 Å². The Bertz CT molecular complexity index is 919. The molecular formula is C19H16ClF2N3. The van der Waals surface area contributed by atoms with Crippen LogP contribution in [0.3, 0.4) is 0 Å². The Balaban J connectivity index is 1.80. The monoisotopic (exact) mass is 359 g/mol. The van der Waals surface area contributed by atoms with Crippen LogP contribution in [0.1, 0.15) is 18.7 Å². The van der Waals surface area contributed by atoms with Crippen molar-refractivity contribution in [2.45, 2.75) is 25.8 Å². The highest BCUT2D eigenvalue weighted by atomic mass is 35.5. The lowest BCUT2D eigenvalue weighted by atomic mass is 10.1. The first-order valence-corrected chi connectivity index (χ1v) is 8.57. The summed E-state index contributed by atoms with van der Waals surface area (Å²) in [4.78, 5) is 4.74. The van der Waals surface area contributed by atoms with Crippen molar-refractivity contribution in [3.8, 4) is 11.3 Å². The number of imidazole rings is 1. The molecule has 3 nitrogen and oxygen atoms in total. The Labute approximate surface area is 149 Å². The van der Waals surface area contributed by atoms with E-state index >= 15 is 0 Å². The van der Waals surface area contributed by atoms with Crippen LogP contribution >= 0.6 is 11.6 Å². The van der Waals surface area contributed by atoms with Crippen molar-refractivity contribution in [2.24, 2.45) is 0 Å². The number of halogens is 3. The Morgan fingerprint density at radius 1 is 1.04 bits per heavy atom. The average Bonchev–Trinajstić information content (AvgIpc) is 2.97. The molecule has 4 rings (SSSR count). The molecule has 0 atom stereocenters. The summed E-state index contributed by atoms with van der Waals surface area (Å²) in [6, 6.07) is 10.8. The van der Waals surface area contributed by atoms with Crippen molar-refractivity contribution in [3.05, 3.63) is 64.9 Å². The lowest BCUT2D eigenvalue weighted by Crippen LogP contribution is -2.12. The lowest BCUT2D eigenvalue weighted by molar-refractivity contribution is 0.526. The van der Waals surface area contributed by atoms with Crippen LogP contribution in [-0.2, 0) is 13.0 Å². The summed E-state index contributed by atoms with van der Waals surface area (Å²) in [6.45, 7) is 0.849. The van der Waals surface area contributed by atoms with Gasteiger partial charge in [-0.05, 0) is 55.3 Å². The maximum Gasteiger partial charge on any atom is 0.143 e. The number of nitrogens with one attached hydrogen (secondary N) is 1. The number of anilines is 2. The van der Waals surface area contributed by atoms with Crippen molar-refractivity contribution in [1.82, 2.24) is 9.55 Å². The highest BCUT2D eigenvalue weighted by Gasteiger charge is 2.21. The molecule has 2 aromatic carbocycles. The molecule has 2 heterocycles. The Morgan fingerprint density at radius 2 is 1.84 bits per heavy atom. The number of aryl methyl sites for hydroxylation is 1.